The highest BCUT2D eigenvalue weighted by atomic mass is 32.1. The van der Waals surface area contributed by atoms with Gasteiger partial charge < -0.3 is 20.7 Å². The normalized spacial score (nSPS) is 20.6. The fourth-order valence-corrected chi connectivity index (χ4v) is 2.61. The van der Waals surface area contributed by atoms with Crippen molar-refractivity contribution in [2.75, 3.05) is 36.0 Å². The lowest BCUT2D eigenvalue weighted by Crippen LogP contribution is -2.38. The summed E-state index contributed by atoms with van der Waals surface area (Å²) < 4.78 is 19.4. The number of thiocarbonyl (C=S) groups is 1. The number of nitrogens with one attached hydrogen (secondary N) is 1. The van der Waals surface area contributed by atoms with E-state index in [1.165, 1.54) is 11.0 Å². The largest absolute Gasteiger partial charge is 0.442 e. The first-order chi connectivity index (χ1) is 10.5. The molecule has 2 saturated heterocycles. The van der Waals surface area contributed by atoms with Gasteiger partial charge in [0.05, 0.1) is 24.5 Å². The Balaban J connectivity index is 1.69. The minimum absolute atomic E-state index is 0.152. The zero-order valence-electron chi connectivity index (χ0n) is 11.9. The Labute approximate surface area is 133 Å². The van der Waals surface area contributed by atoms with Crippen LogP contribution >= 0.6 is 12.2 Å². The number of ether oxygens (including phenoxy) is 1. The monoisotopic (exact) mass is 324 g/mol. The van der Waals surface area contributed by atoms with Crippen molar-refractivity contribution in [3.05, 3.63) is 24.0 Å². The van der Waals surface area contributed by atoms with Crippen LogP contribution in [0.1, 0.15) is 6.42 Å². The predicted octanol–water partition coefficient (Wildman–Crippen LogP) is 1.19. The van der Waals surface area contributed by atoms with E-state index in [1.54, 1.807) is 12.1 Å². The van der Waals surface area contributed by atoms with E-state index < -0.39 is 6.09 Å². The molecule has 8 heteroatoms. The molecule has 0 aromatic heterocycles. The van der Waals surface area contributed by atoms with E-state index in [4.69, 9.17) is 22.7 Å². The Morgan fingerprint density at radius 2 is 2.27 bits per heavy atom. The summed E-state index contributed by atoms with van der Waals surface area (Å²) in [5.41, 5.74) is 6.41. The fourth-order valence-electron chi connectivity index (χ4n) is 2.53. The van der Waals surface area contributed by atoms with Gasteiger partial charge in [0.15, 0.2) is 5.11 Å². The Morgan fingerprint density at radius 3 is 2.86 bits per heavy atom. The number of carbonyl (C=O) groups excluding carboxylic acids is 1. The van der Waals surface area contributed by atoms with Gasteiger partial charge in [-0.2, -0.15) is 0 Å². The molecule has 2 fully saturated rings. The number of rotatable bonds is 4. The third kappa shape index (κ3) is 2.92. The lowest BCUT2D eigenvalue weighted by atomic mass is 10.1. The molecule has 2 heterocycles. The third-order valence-corrected chi connectivity index (χ3v) is 3.96. The summed E-state index contributed by atoms with van der Waals surface area (Å²) in [5.74, 6) is -0.324. The van der Waals surface area contributed by atoms with Crippen LogP contribution in [0.5, 0.6) is 0 Å². The lowest BCUT2D eigenvalue weighted by molar-refractivity contribution is 0.143. The summed E-state index contributed by atoms with van der Waals surface area (Å²) >= 11 is 4.71. The number of hydrogen-bond donors (Lipinski definition) is 2. The summed E-state index contributed by atoms with van der Waals surface area (Å²) in [6.07, 6.45) is 0.218. The zero-order chi connectivity index (χ0) is 15.7. The van der Waals surface area contributed by atoms with E-state index in [-0.39, 0.29) is 17.0 Å². The van der Waals surface area contributed by atoms with Crippen molar-refractivity contribution in [2.24, 2.45) is 5.73 Å². The predicted molar refractivity (Wildman–Crippen MR) is 85.6 cm³/mol. The smallest absolute Gasteiger partial charge is 0.414 e. The molecule has 1 atom stereocenters. The minimum atomic E-state index is -0.495. The van der Waals surface area contributed by atoms with Crippen molar-refractivity contribution >= 4 is 34.8 Å². The van der Waals surface area contributed by atoms with Gasteiger partial charge in [-0.05, 0) is 36.8 Å². The molecule has 1 amide bonds. The molecule has 0 saturated carbocycles. The molecule has 1 aromatic carbocycles. The number of benzene rings is 1. The zero-order valence-corrected chi connectivity index (χ0v) is 12.7. The standard InChI is InChI=1S/C14H17FN4O2S/c15-11-6-9(2-3-12(11)18-4-1-5-18)19-8-10(21-14(19)20)7-17-13(16)22/h2-3,6,10H,1,4-5,7-8H2,(H3,16,17,22)/t10-/m0/s1. The third-order valence-electron chi connectivity index (χ3n) is 3.82. The van der Waals surface area contributed by atoms with Gasteiger partial charge in [0.1, 0.15) is 11.9 Å². The minimum Gasteiger partial charge on any atom is -0.442 e. The maximum absolute atomic E-state index is 14.2. The van der Waals surface area contributed by atoms with Gasteiger partial charge >= 0.3 is 6.09 Å². The van der Waals surface area contributed by atoms with Crippen LogP contribution in [-0.2, 0) is 4.74 Å². The number of halogens is 1. The topological polar surface area (TPSA) is 70.8 Å². The second kappa shape index (κ2) is 5.96. The summed E-state index contributed by atoms with van der Waals surface area (Å²) in [6.45, 7) is 2.41. The van der Waals surface area contributed by atoms with Gasteiger partial charge in [-0.25, -0.2) is 9.18 Å². The number of amides is 1. The Bertz CT molecular complexity index is 609. The number of nitrogens with two attached hydrogens (primary N) is 1. The molecule has 1 aromatic rings. The maximum Gasteiger partial charge on any atom is 0.414 e. The summed E-state index contributed by atoms with van der Waals surface area (Å²) in [4.78, 5) is 15.3. The van der Waals surface area contributed by atoms with E-state index in [0.717, 1.165) is 19.5 Å². The summed E-state index contributed by atoms with van der Waals surface area (Å²) in [6, 6.07) is 4.82. The average molecular weight is 324 g/mol. The van der Waals surface area contributed by atoms with Gasteiger partial charge in [-0.1, -0.05) is 0 Å². The SMILES string of the molecule is NC(=S)NC[C@H]1CN(c2ccc(N3CCC3)c(F)c2)C(=O)O1. The van der Waals surface area contributed by atoms with Gasteiger partial charge in [0, 0.05) is 13.1 Å². The van der Waals surface area contributed by atoms with E-state index in [1.807, 2.05) is 4.90 Å². The van der Waals surface area contributed by atoms with Crippen LogP contribution in [0.25, 0.3) is 0 Å². The maximum atomic E-state index is 14.2. The van der Waals surface area contributed by atoms with Crippen LogP contribution < -0.4 is 20.9 Å². The quantitative estimate of drug-likeness (QED) is 0.811. The van der Waals surface area contributed by atoms with Crippen LogP contribution in [0, 0.1) is 5.82 Å². The molecule has 118 valence electrons. The van der Waals surface area contributed by atoms with Crippen LogP contribution in [-0.4, -0.2) is 43.5 Å². The van der Waals surface area contributed by atoms with Crippen LogP contribution in [0.4, 0.5) is 20.6 Å². The van der Waals surface area contributed by atoms with E-state index in [2.05, 4.69) is 5.32 Å². The van der Waals surface area contributed by atoms with Gasteiger partial charge in [0.25, 0.3) is 0 Å². The first kappa shape index (κ1) is 14.8. The van der Waals surface area contributed by atoms with Crippen LogP contribution in [0.15, 0.2) is 18.2 Å². The van der Waals surface area contributed by atoms with Crippen LogP contribution in [0.2, 0.25) is 0 Å². The molecular formula is C14H17FN4O2S. The van der Waals surface area contributed by atoms with Crippen molar-refractivity contribution in [3.63, 3.8) is 0 Å². The molecule has 3 N–H and O–H groups in total. The number of nitrogens with zero attached hydrogens (tertiary/aromatic N) is 2. The number of carbonyl (C=O) groups is 1. The van der Waals surface area contributed by atoms with Crippen LogP contribution in [0.3, 0.4) is 0 Å². The highest BCUT2D eigenvalue weighted by molar-refractivity contribution is 7.80. The molecule has 2 aliphatic heterocycles. The molecule has 22 heavy (non-hydrogen) atoms. The van der Waals surface area contributed by atoms with Crippen molar-refractivity contribution in [3.8, 4) is 0 Å². The van der Waals surface area contributed by atoms with Crippen molar-refractivity contribution in [2.45, 2.75) is 12.5 Å². The second-order valence-corrected chi connectivity index (χ2v) is 5.78. The molecule has 0 bridgehead atoms. The fraction of sp³-hybridized carbons (Fsp3) is 0.429. The first-order valence-corrected chi connectivity index (χ1v) is 7.51. The number of anilines is 2. The Morgan fingerprint density at radius 1 is 1.50 bits per heavy atom. The molecule has 0 aliphatic carbocycles. The molecule has 3 rings (SSSR count). The molecule has 6 nitrogen and oxygen atoms in total. The number of hydrogen-bond acceptors (Lipinski definition) is 4. The first-order valence-electron chi connectivity index (χ1n) is 7.10. The molecule has 0 spiro atoms. The molecule has 0 radical (unpaired) electrons. The Kier molecular flexibility index (Phi) is 4.02. The van der Waals surface area contributed by atoms with E-state index >= 15 is 0 Å². The molecule has 2 aliphatic rings. The van der Waals surface area contributed by atoms with Gasteiger partial charge in [-0.3, -0.25) is 4.90 Å². The van der Waals surface area contributed by atoms with E-state index in [0.29, 0.717) is 24.5 Å². The second-order valence-electron chi connectivity index (χ2n) is 5.34. The lowest BCUT2D eigenvalue weighted by Gasteiger charge is -2.33. The summed E-state index contributed by atoms with van der Waals surface area (Å²) in [5, 5.41) is 2.91. The highest BCUT2D eigenvalue weighted by Crippen LogP contribution is 2.29. The Hall–Kier alpha value is -2.09. The van der Waals surface area contributed by atoms with Crippen molar-refractivity contribution in [1.29, 1.82) is 0 Å². The molecular weight excluding hydrogens is 307 g/mol. The highest BCUT2D eigenvalue weighted by Gasteiger charge is 2.33. The van der Waals surface area contributed by atoms with E-state index in [9.17, 15) is 9.18 Å². The number of cyclic esters (lactones) is 1. The summed E-state index contributed by atoms with van der Waals surface area (Å²) in [7, 11) is 0. The van der Waals surface area contributed by atoms with Gasteiger partial charge in [0.2, 0.25) is 0 Å². The van der Waals surface area contributed by atoms with Crippen molar-refractivity contribution in [1.82, 2.24) is 5.32 Å². The van der Waals surface area contributed by atoms with Crippen molar-refractivity contribution < 1.29 is 13.9 Å². The molecule has 0 unspecified atom stereocenters. The average Bonchev–Trinajstić information content (AvgIpc) is 2.78. The van der Waals surface area contributed by atoms with Gasteiger partial charge in [-0.15, -0.1) is 0 Å².